The molecule has 2 amide bonds. The number of hydrogen-bond donors (Lipinski definition) is 1. The molecule has 0 bridgehead atoms. The number of rotatable bonds is 4. The van der Waals surface area contributed by atoms with Crippen LogP contribution in [0.2, 0.25) is 5.02 Å². The predicted octanol–water partition coefficient (Wildman–Crippen LogP) is 2.78. The summed E-state index contributed by atoms with van der Waals surface area (Å²) in [5.41, 5.74) is 1.10. The normalized spacial score (nSPS) is 16.4. The summed E-state index contributed by atoms with van der Waals surface area (Å²) in [6.07, 6.45) is 3.04. The van der Waals surface area contributed by atoms with Gasteiger partial charge in [0.15, 0.2) is 0 Å². The van der Waals surface area contributed by atoms with Crippen LogP contribution in [0.5, 0.6) is 5.75 Å². The number of benzene rings is 1. The number of aromatic nitrogens is 2. The van der Waals surface area contributed by atoms with E-state index in [0.717, 1.165) is 0 Å². The highest BCUT2D eigenvalue weighted by atomic mass is 35.5. The topological polar surface area (TPSA) is 95.6 Å². The van der Waals surface area contributed by atoms with Gasteiger partial charge in [0.1, 0.15) is 11.4 Å². The molecule has 31 heavy (non-hydrogen) atoms. The van der Waals surface area contributed by atoms with Gasteiger partial charge in [-0.2, -0.15) is 0 Å². The van der Waals surface area contributed by atoms with Crippen molar-refractivity contribution in [1.29, 1.82) is 0 Å². The smallest absolute Gasteiger partial charge is 0.295 e. The number of ketones is 1. The molecule has 1 fully saturated rings. The maximum absolute atomic E-state index is 13.1. The summed E-state index contributed by atoms with van der Waals surface area (Å²) < 4.78 is 5.35. The van der Waals surface area contributed by atoms with Gasteiger partial charge in [-0.15, -0.1) is 0 Å². The second-order valence-corrected chi connectivity index (χ2v) is 7.75. The fourth-order valence-corrected chi connectivity index (χ4v) is 4.09. The number of nitrogens with zero attached hydrogens (tertiary/aromatic N) is 3. The number of carbonyl (C=O) groups is 3. The molecule has 1 atom stereocenters. The van der Waals surface area contributed by atoms with Crippen molar-refractivity contribution in [3.8, 4) is 5.75 Å². The Hall–Kier alpha value is -3.39. The van der Waals surface area contributed by atoms with Crippen molar-refractivity contribution in [3.05, 3.63) is 59.0 Å². The molecule has 8 nitrogen and oxygen atoms in total. The van der Waals surface area contributed by atoms with Crippen LogP contribution in [0.3, 0.4) is 0 Å². The quantitative estimate of drug-likeness (QED) is 0.497. The number of ether oxygens (including phenoxy) is 1. The number of nitrogens with one attached hydrogen (secondary N) is 1. The molecule has 1 aromatic carbocycles. The lowest BCUT2D eigenvalue weighted by molar-refractivity contribution is -0.130. The highest BCUT2D eigenvalue weighted by Gasteiger charge is 2.35. The Labute approximate surface area is 183 Å². The number of H-pyrrole nitrogens is 1. The molecule has 2 aromatic heterocycles. The van der Waals surface area contributed by atoms with Crippen LogP contribution in [0.25, 0.3) is 10.9 Å². The van der Waals surface area contributed by atoms with Crippen LogP contribution >= 0.6 is 11.6 Å². The number of hydrogen-bond acceptors (Lipinski definition) is 5. The third-order valence-corrected chi connectivity index (χ3v) is 5.78. The van der Waals surface area contributed by atoms with Crippen LogP contribution in [0, 0.1) is 0 Å². The molecule has 1 saturated heterocycles. The molecular formula is C22H21ClN4O4. The van der Waals surface area contributed by atoms with Gasteiger partial charge in [0, 0.05) is 38.1 Å². The Morgan fingerprint density at radius 2 is 2.00 bits per heavy atom. The van der Waals surface area contributed by atoms with E-state index in [4.69, 9.17) is 16.3 Å². The Kier molecular flexibility index (Phi) is 5.65. The summed E-state index contributed by atoms with van der Waals surface area (Å²) >= 11 is 6.22. The van der Waals surface area contributed by atoms with Crippen molar-refractivity contribution < 1.29 is 19.1 Å². The van der Waals surface area contributed by atoms with E-state index >= 15 is 0 Å². The number of amides is 2. The Bertz CT molecular complexity index is 1160. The Morgan fingerprint density at radius 1 is 1.19 bits per heavy atom. The lowest BCUT2D eigenvalue weighted by atomic mass is 10.1. The van der Waals surface area contributed by atoms with Crippen molar-refractivity contribution in [2.24, 2.45) is 0 Å². The molecular weight excluding hydrogens is 420 g/mol. The van der Waals surface area contributed by atoms with Crippen LogP contribution < -0.4 is 4.74 Å². The highest BCUT2D eigenvalue weighted by molar-refractivity contribution is 6.46. The number of aromatic amines is 1. The summed E-state index contributed by atoms with van der Waals surface area (Å²) in [6, 6.07) is 8.15. The molecule has 0 unspecified atom stereocenters. The Morgan fingerprint density at radius 3 is 2.68 bits per heavy atom. The number of methoxy groups -OCH3 is 1. The lowest BCUT2D eigenvalue weighted by Crippen LogP contribution is -2.56. The second-order valence-electron chi connectivity index (χ2n) is 7.34. The van der Waals surface area contributed by atoms with E-state index < -0.39 is 11.7 Å². The molecule has 9 heteroatoms. The van der Waals surface area contributed by atoms with Crippen LogP contribution in [0.15, 0.2) is 42.7 Å². The van der Waals surface area contributed by atoms with Gasteiger partial charge in [-0.05, 0) is 31.2 Å². The summed E-state index contributed by atoms with van der Waals surface area (Å²) in [6.45, 7) is 2.71. The van der Waals surface area contributed by atoms with E-state index in [2.05, 4.69) is 9.97 Å². The first kappa shape index (κ1) is 20.9. The molecule has 0 aliphatic carbocycles. The molecule has 1 aliphatic rings. The molecule has 3 aromatic rings. The van der Waals surface area contributed by atoms with Gasteiger partial charge in [0.05, 0.1) is 28.6 Å². The van der Waals surface area contributed by atoms with Crippen molar-refractivity contribution in [3.63, 3.8) is 0 Å². The first-order valence-corrected chi connectivity index (χ1v) is 10.2. The van der Waals surface area contributed by atoms with Crippen molar-refractivity contribution in [1.82, 2.24) is 19.8 Å². The van der Waals surface area contributed by atoms with E-state index in [1.165, 1.54) is 18.2 Å². The van der Waals surface area contributed by atoms with E-state index in [-0.39, 0.29) is 24.1 Å². The third kappa shape index (κ3) is 3.74. The van der Waals surface area contributed by atoms with Gasteiger partial charge in [-0.3, -0.25) is 19.4 Å². The zero-order valence-corrected chi connectivity index (χ0v) is 17.8. The maximum atomic E-state index is 13.1. The Balaban J connectivity index is 1.53. The number of halogens is 1. The average molecular weight is 441 g/mol. The summed E-state index contributed by atoms with van der Waals surface area (Å²) in [5, 5.41) is 0.905. The number of pyridine rings is 1. The van der Waals surface area contributed by atoms with Gasteiger partial charge >= 0.3 is 0 Å². The standard InChI is InChI=1S/C22H21ClN4O4/c1-13-12-26(21(29)16-5-3-4-8-24-16)9-10-27(13)22(30)20(28)14-11-25-19-15(23)6-7-17(31-2)18(14)19/h3-8,11,13,25H,9-10,12H2,1-2H3/t13-/m1/s1. The number of fused-ring (bicyclic) bond motifs is 1. The third-order valence-electron chi connectivity index (χ3n) is 5.46. The first-order chi connectivity index (χ1) is 14.9. The van der Waals surface area contributed by atoms with Crippen molar-refractivity contribution in [2.75, 3.05) is 26.7 Å². The fraction of sp³-hybridized carbons (Fsp3) is 0.273. The molecule has 160 valence electrons. The zero-order valence-electron chi connectivity index (χ0n) is 17.1. The van der Waals surface area contributed by atoms with Gasteiger partial charge in [-0.25, -0.2) is 0 Å². The van der Waals surface area contributed by atoms with Gasteiger partial charge in [0.2, 0.25) is 0 Å². The SMILES string of the molecule is COc1ccc(Cl)c2[nH]cc(C(=O)C(=O)N3CCN(C(=O)c4ccccn4)C[C@H]3C)c12. The van der Waals surface area contributed by atoms with Gasteiger partial charge in [0.25, 0.3) is 17.6 Å². The summed E-state index contributed by atoms with van der Waals surface area (Å²) in [5.74, 6) is -1.01. The van der Waals surface area contributed by atoms with Crippen LogP contribution in [-0.2, 0) is 4.79 Å². The molecule has 1 aliphatic heterocycles. The van der Waals surface area contributed by atoms with E-state index in [1.807, 2.05) is 6.92 Å². The predicted molar refractivity (Wildman–Crippen MR) is 116 cm³/mol. The minimum absolute atomic E-state index is 0.193. The first-order valence-electron chi connectivity index (χ1n) is 9.81. The van der Waals surface area contributed by atoms with Crippen LogP contribution in [-0.4, -0.2) is 70.2 Å². The number of Topliss-reactive ketones (excluding diaryl/α,β-unsaturated/α-hetero) is 1. The molecule has 1 N–H and O–H groups in total. The molecule has 3 heterocycles. The highest BCUT2D eigenvalue weighted by Crippen LogP contribution is 2.34. The minimum Gasteiger partial charge on any atom is -0.496 e. The lowest BCUT2D eigenvalue weighted by Gasteiger charge is -2.39. The zero-order chi connectivity index (χ0) is 22.1. The van der Waals surface area contributed by atoms with Crippen molar-refractivity contribution in [2.45, 2.75) is 13.0 Å². The molecule has 0 radical (unpaired) electrons. The maximum Gasteiger partial charge on any atom is 0.295 e. The number of piperazine rings is 1. The molecule has 0 saturated carbocycles. The van der Waals surface area contributed by atoms with E-state index in [9.17, 15) is 14.4 Å². The average Bonchev–Trinajstić information content (AvgIpc) is 3.24. The summed E-state index contributed by atoms with van der Waals surface area (Å²) in [7, 11) is 1.49. The van der Waals surface area contributed by atoms with E-state index in [1.54, 1.807) is 41.4 Å². The monoisotopic (exact) mass is 440 g/mol. The second kappa shape index (κ2) is 8.39. The van der Waals surface area contributed by atoms with Crippen molar-refractivity contribution >= 4 is 40.1 Å². The molecule has 4 rings (SSSR count). The minimum atomic E-state index is -0.650. The van der Waals surface area contributed by atoms with Gasteiger partial charge in [-0.1, -0.05) is 17.7 Å². The largest absolute Gasteiger partial charge is 0.496 e. The fourth-order valence-electron chi connectivity index (χ4n) is 3.87. The van der Waals surface area contributed by atoms with Crippen LogP contribution in [0.1, 0.15) is 27.8 Å². The van der Waals surface area contributed by atoms with Gasteiger partial charge < -0.3 is 19.5 Å². The van der Waals surface area contributed by atoms with E-state index in [0.29, 0.717) is 40.5 Å². The van der Waals surface area contributed by atoms with Crippen LogP contribution in [0.4, 0.5) is 0 Å². The number of carbonyl (C=O) groups excluding carboxylic acids is 3. The molecule has 0 spiro atoms. The summed E-state index contributed by atoms with van der Waals surface area (Å²) in [4.78, 5) is 49.0.